The lowest BCUT2D eigenvalue weighted by Crippen LogP contribution is -2.41. The molecule has 29 heavy (non-hydrogen) atoms. The predicted octanol–water partition coefficient (Wildman–Crippen LogP) is 3.23. The van der Waals surface area contributed by atoms with Crippen molar-refractivity contribution in [2.24, 2.45) is 0 Å². The summed E-state index contributed by atoms with van der Waals surface area (Å²) >= 11 is 0. The summed E-state index contributed by atoms with van der Waals surface area (Å²) < 4.78 is 32.4. The van der Waals surface area contributed by atoms with Crippen molar-refractivity contribution in [2.45, 2.75) is 37.3 Å². The van der Waals surface area contributed by atoms with E-state index in [1.165, 1.54) is 17.5 Å². The summed E-state index contributed by atoms with van der Waals surface area (Å²) in [5, 5.41) is 10.6. The molecular formula is C22H27NO5S. The standard InChI is InChI=1S/C22H27NO5S/c1-17-12-14-20(15-13-17)29(26,27)23(18(2)8-7-11-22(25)28-3)16-21(24)19-9-5-4-6-10-19/h4-7,9-15,18,21,24H,8,16H2,1-3H3/b11-7+/t18-,21?/m0/s1. The summed E-state index contributed by atoms with van der Waals surface area (Å²) in [6, 6.07) is 15.0. The van der Waals surface area contributed by atoms with Gasteiger partial charge in [0.25, 0.3) is 0 Å². The topological polar surface area (TPSA) is 83.9 Å². The van der Waals surface area contributed by atoms with Gasteiger partial charge >= 0.3 is 5.97 Å². The van der Waals surface area contributed by atoms with Crippen molar-refractivity contribution in [2.75, 3.05) is 13.7 Å². The van der Waals surface area contributed by atoms with Crippen molar-refractivity contribution in [1.82, 2.24) is 4.31 Å². The smallest absolute Gasteiger partial charge is 0.330 e. The molecule has 0 amide bonds. The van der Waals surface area contributed by atoms with E-state index in [4.69, 9.17) is 0 Å². The van der Waals surface area contributed by atoms with Crippen molar-refractivity contribution in [3.05, 3.63) is 77.9 Å². The van der Waals surface area contributed by atoms with E-state index in [-0.39, 0.29) is 11.4 Å². The Morgan fingerprint density at radius 2 is 1.76 bits per heavy atom. The van der Waals surface area contributed by atoms with Crippen molar-refractivity contribution < 1.29 is 23.1 Å². The van der Waals surface area contributed by atoms with Gasteiger partial charge in [0.05, 0.1) is 18.1 Å². The molecule has 0 aliphatic carbocycles. The molecule has 0 aliphatic rings. The number of benzene rings is 2. The highest BCUT2D eigenvalue weighted by molar-refractivity contribution is 7.89. The normalized spacial score (nSPS) is 14.1. The molecule has 0 aromatic heterocycles. The molecule has 0 spiro atoms. The number of carbonyl (C=O) groups is 1. The van der Waals surface area contributed by atoms with E-state index in [1.807, 2.05) is 13.0 Å². The monoisotopic (exact) mass is 417 g/mol. The summed E-state index contributed by atoms with van der Waals surface area (Å²) in [5.74, 6) is -0.505. The third-order valence-corrected chi connectivity index (χ3v) is 6.58. The Hall–Kier alpha value is -2.48. The molecule has 0 saturated carbocycles. The van der Waals surface area contributed by atoms with Gasteiger partial charge in [0.1, 0.15) is 0 Å². The van der Waals surface area contributed by atoms with Gasteiger partial charge in [-0.2, -0.15) is 4.31 Å². The molecule has 156 valence electrons. The molecule has 1 N–H and O–H groups in total. The zero-order chi connectivity index (χ0) is 21.4. The average molecular weight is 418 g/mol. The van der Waals surface area contributed by atoms with Crippen LogP contribution in [0.2, 0.25) is 0 Å². The van der Waals surface area contributed by atoms with Crippen LogP contribution >= 0.6 is 0 Å². The number of carbonyl (C=O) groups excluding carboxylic acids is 1. The van der Waals surface area contributed by atoms with E-state index in [1.54, 1.807) is 61.5 Å². The van der Waals surface area contributed by atoms with E-state index in [0.717, 1.165) is 5.56 Å². The maximum atomic E-state index is 13.3. The molecule has 2 rings (SSSR count). The molecule has 6 nitrogen and oxygen atoms in total. The van der Waals surface area contributed by atoms with Gasteiger partial charge in [-0.05, 0) is 38.0 Å². The molecule has 0 saturated heterocycles. The van der Waals surface area contributed by atoms with Gasteiger partial charge in [0.15, 0.2) is 0 Å². The van der Waals surface area contributed by atoms with Crippen LogP contribution in [0.1, 0.15) is 30.6 Å². The first-order valence-electron chi connectivity index (χ1n) is 9.31. The Morgan fingerprint density at radius 1 is 1.14 bits per heavy atom. The van der Waals surface area contributed by atoms with Crippen LogP contribution < -0.4 is 0 Å². The quantitative estimate of drug-likeness (QED) is 0.500. The van der Waals surface area contributed by atoms with Gasteiger partial charge in [-0.25, -0.2) is 13.2 Å². The fourth-order valence-electron chi connectivity index (χ4n) is 2.86. The maximum Gasteiger partial charge on any atom is 0.330 e. The second-order valence-corrected chi connectivity index (χ2v) is 8.72. The van der Waals surface area contributed by atoms with Crippen LogP contribution in [-0.4, -0.2) is 43.5 Å². The van der Waals surface area contributed by atoms with Crippen LogP contribution in [-0.2, 0) is 19.6 Å². The second-order valence-electron chi connectivity index (χ2n) is 6.82. The highest BCUT2D eigenvalue weighted by atomic mass is 32.2. The Balaban J connectivity index is 2.32. The first-order valence-corrected chi connectivity index (χ1v) is 10.8. The number of aliphatic hydroxyl groups excluding tert-OH is 1. The van der Waals surface area contributed by atoms with Crippen LogP contribution in [0, 0.1) is 6.92 Å². The van der Waals surface area contributed by atoms with Crippen molar-refractivity contribution in [3.63, 3.8) is 0 Å². The Morgan fingerprint density at radius 3 is 2.34 bits per heavy atom. The summed E-state index contributed by atoms with van der Waals surface area (Å²) in [5.41, 5.74) is 1.59. The van der Waals surface area contributed by atoms with Crippen LogP contribution in [0.15, 0.2) is 71.6 Å². The third kappa shape index (κ3) is 6.25. The Kier molecular flexibility index (Phi) is 8.13. The molecule has 0 aliphatic heterocycles. The number of hydrogen-bond donors (Lipinski definition) is 1. The van der Waals surface area contributed by atoms with Crippen LogP contribution in [0.5, 0.6) is 0 Å². The fourth-order valence-corrected chi connectivity index (χ4v) is 4.51. The highest BCUT2D eigenvalue weighted by Crippen LogP contribution is 2.24. The van der Waals surface area contributed by atoms with Crippen molar-refractivity contribution >= 4 is 16.0 Å². The van der Waals surface area contributed by atoms with E-state index in [2.05, 4.69) is 4.74 Å². The molecule has 1 unspecified atom stereocenters. The van der Waals surface area contributed by atoms with Crippen LogP contribution in [0.4, 0.5) is 0 Å². The largest absolute Gasteiger partial charge is 0.466 e. The summed E-state index contributed by atoms with van der Waals surface area (Å²) in [4.78, 5) is 11.5. The SMILES string of the molecule is COC(=O)/C=C/C[C@H](C)N(CC(O)c1ccccc1)S(=O)(=O)c1ccc(C)cc1. The Bertz CT molecular complexity index is 923. The van der Waals surface area contributed by atoms with Crippen LogP contribution in [0.25, 0.3) is 0 Å². The maximum absolute atomic E-state index is 13.3. The lowest BCUT2D eigenvalue weighted by atomic mass is 10.1. The fraction of sp³-hybridized carbons (Fsp3) is 0.318. The number of methoxy groups -OCH3 is 1. The molecule has 0 bridgehead atoms. The van der Waals surface area contributed by atoms with E-state index < -0.39 is 28.1 Å². The summed E-state index contributed by atoms with van der Waals surface area (Å²) in [6.45, 7) is 3.52. The molecule has 2 aromatic carbocycles. The minimum Gasteiger partial charge on any atom is -0.466 e. The number of nitrogens with zero attached hydrogens (tertiary/aromatic N) is 1. The first kappa shape index (κ1) is 22.8. The van der Waals surface area contributed by atoms with E-state index in [9.17, 15) is 18.3 Å². The lowest BCUT2D eigenvalue weighted by Gasteiger charge is -2.30. The lowest BCUT2D eigenvalue weighted by molar-refractivity contribution is -0.134. The number of rotatable bonds is 9. The van der Waals surface area contributed by atoms with Gasteiger partial charge in [0, 0.05) is 18.7 Å². The number of hydrogen-bond acceptors (Lipinski definition) is 5. The minimum absolute atomic E-state index is 0.104. The molecular weight excluding hydrogens is 390 g/mol. The number of aryl methyl sites for hydroxylation is 1. The third-order valence-electron chi connectivity index (χ3n) is 4.59. The van der Waals surface area contributed by atoms with Crippen molar-refractivity contribution in [3.8, 4) is 0 Å². The molecule has 0 fully saturated rings. The van der Waals surface area contributed by atoms with Crippen molar-refractivity contribution in [1.29, 1.82) is 0 Å². The van der Waals surface area contributed by atoms with E-state index >= 15 is 0 Å². The molecule has 0 radical (unpaired) electrons. The highest BCUT2D eigenvalue weighted by Gasteiger charge is 2.30. The predicted molar refractivity (Wildman–Crippen MR) is 112 cm³/mol. The second kappa shape index (κ2) is 10.3. The van der Waals surface area contributed by atoms with Gasteiger partial charge in [-0.3, -0.25) is 0 Å². The minimum atomic E-state index is -3.85. The van der Waals surface area contributed by atoms with Gasteiger partial charge < -0.3 is 9.84 Å². The first-order chi connectivity index (χ1) is 13.8. The Labute approximate surface area is 172 Å². The van der Waals surface area contributed by atoms with E-state index in [0.29, 0.717) is 12.0 Å². The van der Waals surface area contributed by atoms with Gasteiger partial charge in [-0.1, -0.05) is 54.1 Å². The zero-order valence-corrected chi connectivity index (χ0v) is 17.7. The zero-order valence-electron chi connectivity index (χ0n) is 16.9. The van der Waals surface area contributed by atoms with Gasteiger partial charge in [-0.15, -0.1) is 0 Å². The number of aliphatic hydroxyl groups is 1. The summed E-state index contributed by atoms with van der Waals surface area (Å²) in [6.07, 6.45) is 2.15. The number of ether oxygens (including phenoxy) is 1. The number of esters is 1. The van der Waals surface area contributed by atoms with Gasteiger partial charge in [0.2, 0.25) is 10.0 Å². The number of sulfonamides is 1. The molecule has 7 heteroatoms. The molecule has 2 atom stereocenters. The molecule has 2 aromatic rings. The van der Waals surface area contributed by atoms with Crippen LogP contribution in [0.3, 0.4) is 0 Å². The average Bonchev–Trinajstić information content (AvgIpc) is 2.72. The summed E-state index contributed by atoms with van der Waals surface area (Å²) in [7, 11) is -2.57. The molecule has 0 heterocycles.